The maximum absolute atomic E-state index is 14.8. The first-order chi connectivity index (χ1) is 14.2. The van der Waals surface area contributed by atoms with Crippen LogP contribution in [0.15, 0.2) is 125 Å². The summed E-state index contributed by atoms with van der Waals surface area (Å²) in [6, 6.07) is 40.1. The molecule has 0 aliphatic carbocycles. The van der Waals surface area contributed by atoms with Crippen molar-refractivity contribution in [1.29, 1.82) is 0 Å². The fraction of sp³-hybridized carbons (Fsp3) is 0. The van der Waals surface area contributed by atoms with E-state index in [2.05, 4.69) is 46.9 Å². The topological polar surface area (TPSA) is 17.1 Å². The van der Waals surface area contributed by atoms with Crippen molar-refractivity contribution in [1.82, 2.24) is 0 Å². The Morgan fingerprint density at radius 2 is 0.828 bits per heavy atom. The van der Waals surface area contributed by atoms with Gasteiger partial charge in [0.2, 0.25) is 0 Å². The molecule has 0 N–H and O–H groups in total. The van der Waals surface area contributed by atoms with E-state index in [1.807, 2.05) is 97.1 Å². The highest BCUT2D eigenvalue weighted by atomic mass is 127. The molecule has 1 nitrogen and oxygen atoms in total. The SMILES string of the molecule is O=P(C(I)=C(c1ccccc1)c1ccccc1)(c1ccccc1)c1ccccc1. The number of hydrogen-bond donors (Lipinski definition) is 0. The zero-order valence-electron chi connectivity index (χ0n) is 15.8. The minimum Gasteiger partial charge on any atom is -0.308 e. The second-order valence-corrected chi connectivity index (χ2v) is 11.3. The van der Waals surface area contributed by atoms with Gasteiger partial charge in [-0.15, -0.1) is 0 Å². The summed E-state index contributed by atoms with van der Waals surface area (Å²) in [6.45, 7) is 0. The monoisotopic (exact) mass is 506 g/mol. The third kappa shape index (κ3) is 4.01. The van der Waals surface area contributed by atoms with Gasteiger partial charge in [-0.2, -0.15) is 0 Å². The van der Waals surface area contributed by atoms with Gasteiger partial charge in [0.05, 0.1) is 3.32 Å². The summed E-state index contributed by atoms with van der Waals surface area (Å²) >= 11 is 2.31. The molecule has 4 aromatic carbocycles. The standard InChI is InChI=1S/C26H20IOP/c27-26(25(21-13-5-1-6-14-21)22-15-7-2-8-16-22)29(28,23-17-9-3-10-18-23)24-19-11-4-12-20-24/h1-20H. The van der Waals surface area contributed by atoms with Crippen molar-refractivity contribution in [3.63, 3.8) is 0 Å². The summed E-state index contributed by atoms with van der Waals surface area (Å²) in [6.07, 6.45) is 0. The second-order valence-electron chi connectivity index (χ2n) is 6.68. The second kappa shape index (κ2) is 8.94. The van der Waals surface area contributed by atoms with Crippen molar-refractivity contribution in [3.8, 4) is 0 Å². The van der Waals surface area contributed by atoms with E-state index in [4.69, 9.17) is 0 Å². The van der Waals surface area contributed by atoms with Crippen LogP contribution >= 0.6 is 29.7 Å². The smallest absolute Gasteiger partial charge is 0.177 e. The molecule has 0 unspecified atom stereocenters. The van der Waals surface area contributed by atoms with Crippen LogP contribution in [0.3, 0.4) is 0 Å². The van der Waals surface area contributed by atoms with Crippen LogP contribution in [0, 0.1) is 0 Å². The van der Waals surface area contributed by atoms with E-state index >= 15 is 0 Å². The number of benzene rings is 4. The lowest BCUT2D eigenvalue weighted by Gasteiger charge is -2.23. The number of rotatable bonds is 5. The van der Waals surface area contributed by atoms with Crippen molar-refractivity contribution >= 4 is 45.9 Å². The third-order valence-corrected chi connectivity index (χ3v) is 10.3. The van der Waals surface area contributed by atoms with Crippen molar-refractivity contribution in [2.45, 2.75) is 0 Å². The summed E-state index contributed by atoms with van der Waals surface area (Å²) in [4.78, 5) is 0. The molecule has 3 heteroatoms. The molecule has 0 radical (unpaired) electrons. The zero-order chi connectivity index (χ0) is 20.1. The number of hydrogen-bond acceptors (Lipinski definition) is 1. The van der Waals surface area contributed by atoms with Gasteiger partial charge in [0, 0.05) is 16.2 Å². The summed E-state index contributed by atoms with van der Waals surface area (Å²) < 4.78 is 15.7. The molecule has 4 rings (SSSR count). The van der Waals surface area contributed by atoms with E-state index in [1.165, 1.54) is 0 Å². The predicted molar refractivity (Wildman–Crippen MR) is 133 cm³/mol. The molecule has 29 heavy (non-hydrogen) atoms. The Labute approximate surface area is 185 Å². The molecule has 4 aromatic rings. The van der Waals surface area contributed by atoms with Crippen LogP contribution < -0.4 is 10.6 Å². The summed E-state index contributed by atoms with van der Waals surface area (Å²) in [5, 5.41) is 1.69. The van der Waals surface area contributed by atoms with Crippen molar-refractivity contribution in [3.05, 3.63) is 136 Å². The normalized spacial score (nSPS) is 11.1. The Kier molecular flexibility index (Phi) is 6.13. The van der Waals surface area contributed by atoms with Crippen LogP contribution in [-0.2, 0) is 4.57 Å². The molecular weight excluding hydrogens is 486 g/mol. The van der Waals surface area contributed by atoms with E-state index in [0.29, 0.717) is 0 Å². The highest BCUT2D eigenvalue weighted by Gasteiger charge is 2.33. The quantitative estimate of drug-likeness (QED) is 0.214. The lowest BCUT2D eigenvalue weighted by Crippen LogP contribution is -2.16. The van der Waals surface area contributed by atoms with Gasteiger partial charge in [-0.3, -0.25) is 0 Å². The van der Waals surface area contributed by atoms with E-state index < -0.39 is 7.14 Å². The van der Waals surface area contributed by atoms with Crippen LogP contribution in [0.1, 0.15) is 11.1 Å². The van der Waals surface area contributed by atoms with Gasteiger partial charge >= 0.3 is 0 Å². The summed E-state index contributed by atoms with van der Waals surface area (Å²) in [7, 11) is -3.04. The molecule has 142 valence electrons. The van der Waals surface area contributed by atoms with Gasteiger partial charge in [0.15, 0.2) is 7.14 Å². The maximum atomic E-state index is 14.8. The molecule has 0 fully saturated rings. The fourth-order valence-electron chi connectivity index (χ4n) is 3.42. The van der Waals surface area contributed by atoms with Crippen molar-refractivity contribution < 1.29 is 4.57 Å². The fourth-order valence-corrected chi connectivity index (χ4v) is 8.23. The van der Waals surface area contributed by atoms with Crippen LogP contribution in [0.5, 0.6) is 0 Å². The van der Waals surface area contributed by atoms with Gasteiger partial charge in [-0.1, -0.05) is 121 Å². The Hall–Kier alpha value is -2.42. The lowest BCUT2D eigenvalue weighted by molar-refractivity contribution is 0.592. The van der Waals surface area contributed by atoms with E-state index in [9.17, 15) is 4.57 Å². The molecule has 0 atom stereocenters. The van der Waals surface area contributed by atoms with E-state index in [-0.39, 0.29) is 0 Å². The van der Waals surface area contributed by atoms with Crippen LogP contribution in [0.2, 0.25) is 0 Å². The Bertz CT molecular complexity index is 1070. The van der Waals surface area contributed by atoms with Gasteiger partial charge in [-0.05, 0) is 33.7 Å². The molecule has 0 amide bonds. The Balaban J connectivity index is 2.07. The highest BCUT2D eigenvalue weighted by molar-refractivity contribution is 14.1. The maximum Gasteiger partial charge on any atom is 0.177 e. The first-order valence-electron chi connectivity index (χ1n) is 9.44. The minimum atomic E-state index is -3.04. The van der Waals surface area contributed by atoms with Gasteiger partial charge in [0.25, 0.3) is 0 Å². The summed E-state index contributed by atoms with van der Waals surface area (Å²) in [5.41, 5.74) is 3.15. The first kappa shape index (κ1) is 19.9. The largest absolute Gasteiger partial charge is 0.308 e. The molecule has 0 aliphatic rings. The molecule has 0 saturated heterocycles. The van der Waals surface area contributed by atoms with E-state index in [0.717, 1.165) is 30.6 Å². The first-order valence-corrected chi connectivity index (χ1v) is 12.2. The van der Waals surface area contributed by atoms with Crippen LogP contribution in [-0.4, -0.2) is 0 Å². The van der Waals surface area contributed by atoms with Gasteiger partial charge < -0.3 is 4.57 Å². The molecule has 0 spiro atoms. The average Bonchev–Trinajstić information content (AvgIpc) is 2.81. The molecule has 0 saturated carbocycles. The zero-order valence-corrected chi connectivity index (χ0v) is 18.8. The van der Waals surface area contributed by atoms with Gasteiger partial charge in [0.1, 0.15) is 0 Å². The van der Waals surface area contributed by atoms with Crippen molar-refractivity contribution in [2.75, 3.05) is 0 Å². The Morgan fingerprint density at radius 3 is 1.17 bits per heavy atom. The molecular formula is C26H20IOP. The lowest BCUT2D eigenvalue weighted by atomic mass is 10.00. The van der Waals surface area contributed by atoms with E-state index in [1.54, 1.807) is 0 Å². The predicted octanol–water partition coefficient (Wildman–Crippen LogP) is 6.85. The van der Waals surface area contributed by atoms with Crippen LogP contribution in [0.25, 0.3) is 5.57 Å². The average molecular weight is 506 g/mol. The molecule has 0 aliphatic heterocycles. The molecule has 0 aromatic heterocycles. The molecule has 0 bridgehead atoms. The highest BCUT2D eigenvalue weighted by Crippen LogP contribution is 2.58. The number of halogens is 1. The van der Waals surface area contributed by atoms with Crippen molar-refractivity contribution in [2.24, 2.45) is 0 Å². The third-order valence-electron chi connectivity index (χ3n) is 4.85. The Morgan fingerprint density at radius 1 is 0.517 bits per heavy atom. The molecule has 0 heterocycles. The summed E-state index contributed by atoms with van der Waals surface area (Å²) in [5.74, 6) is 0. The van der Waals surface area contributed by atoms with Crippen LogP contribution in [0.4, 0.5) is 0 Å². The minimum absolute atomic E-state index is 0.847. The van der Waals surface area contributed by atoms with Gasteiger partial charge in [-0.25, -0.2) is 0 Å².